The van der Waals surface area contributed by atoms with E-state index in [0.717, 1.165) is 10.8 Å². The van der Waals surface area contributed by atoms with Gasteiger partial charge in [-0.25, -0.2) is 0 Å². The molecule has 0 spiro atoms. The molecule has 0 aliphatic carbocycles. The van der Waals surface area contributed by atoms with Gasteiger partial charge in [-0.05, 0) is 53.2 Å². The van der Waals surface area contributed by atoms with Crippen molar-refractivity contribution in [2.75, 3.05) is 11.1 Å². The van der Waals surface area contributed by atoms with E-state index < -0.39 is 0 Å². The number of fused-ring (bicyclic) bond motifs is 1. The fourth-order valence-electron chi connectivity index (χ4n) is 2.33. The number of rotatable bonds is 3. The Balaban J connectivity index is 1.90. The van der Waals surface area contributed by atoms with Crippen LogP contribution in [0.4, 0.5) is 11.4 Å². The number of amides is 1. The summed E-state index contributed by atoms with van der Waals surface area (Å²) in [6.45, 7) is 0. The Morgan fingerprint density at radius 3 is 2.13 bits per heavy atom. The third-order valence-corrected chi connectivity index (χ3v) is 3.58. The minimum atomic E-state index is -0.204. The minimum absolute atomic E-state index is 0.00336. The Labute approximate surface area is 133 Å². The van der Waals surface area contributed by atoms with Crippen LogP contribution in [-0.4, -0.2) is 11.7 Å². The standard InChI is InChI=1S/C18H16N4O/c19-15-5-7-16(8-6-15)22-18(23)13-4-2-11-1-3-12(17(20)21)9-14(11)10-13/h1-10H,19H2,(H3,20,21)(H,22,23). The number of amidine groups is 1. The first-order valence-corrected chi connectivity index (χ1v) is 7.08. The highest BCUT2D eigenvalue weighted by molar-refractivity contribution is 6.07. The molecule has 5 heteroatoms. The van der Waals surface area contributed by atoms with Gasteiger partial charge in [0.1, 0.15) is 5.84 Å². The minimum Gasteiger partial charge on any atom is -0.399 e. The van der Waals surface area contributed by atoms with Gasteiger partial charge in [0.25, 0.3) is 5.91 Å². The molecule has 0 bridgehead atoms. The van der Waals surface area contributed by atoms with Gasteiger partial charge in [-0.3, -0.25) is 10.2 Å². The molecule has 0 aliphatic heterocycles. The number of nitrogens with two attached hydrogens (primary N) is 2. The van der Waals surface area contributed by atoms with Gasteiger partial charge in [-0.15, -0.1) is 0 Å². The number of nitrogen functional groups attached to an aromatic ring is 2. The summed E-state index contributed by atoms with van der Waals surface area (Å²) in [7, 11) is 0. The van der Waals surface area contributed by atoms with Crippen molar-refractivity contribution in [1.82, 2.24) is 0 Å². The molecule has 114 valence electrons. The normalized spacial score (nSPS) is 10.4. The van der Waals surface area contributed by atoms with Crippen LogP contribution >= 0.6 is 0 Å². The third-order valence-electron chi connectivity index (χ3n) is 3.58. The van der Waals surface area contributed by atoms with Crippen LogP contribution in [0.2, 0.25) is 0 Å². The lowest BCUT2D eigenvalue weighted by Crippen LogP contribution is -2.12. The van der Waals surface area contributed by atoms with Crippen molar-refractivity contribution in [2.45, 2.75) is 0 Å². The number of carbonyl (C=O) groups is 1. The summed E-state index contributed by atoms with van der Waals surface area (Å²) in [5.74, 6) is -0.200. The van der Waals surface area contributed by atoms with E-state index in [1.807, 2.05) is 12.1 Å². The van der Waals surface area contributed by atoms with Crippen LogP contribution in [0, 0.1) is 5.41 Å². The fraction of sp³-hybridized carbons (Fsp3) is 0. The summed E-state index contributed by atoms with van der Waals surface area (Å²) >= 11 is 0. The molecule has 3 rings (SSSR count). The SMILES string of the molecule is N=C(N)c1ccc2ccc(C(=O)Nc3ccc(N)cc3)cc2c1. The van der Waals surface area contributed by atoms with Crippen molar-refractivity contribution in [3.05, 3.63) is 71.8 Å². The van der Waals surface area contributed by atoms with E-state index >= 15 is 0 Å². The molecule has 0 aromatic heterocycles. The topological polar surface area (TPSA) is 105 Å². The molecule has 0 heterocycles. The van der Waals surface area contributed by atoms with Crippen LogP contribution in [0.5, 0.6) is 0 Å². The Bertz CT molecular complexity index is 901. The monoisotopic (exact) mass is 304 g/mol. The molecule has 1 amide bonds. The van der Waals surface area contributed by atoms with Crippen LogP contribution in [0.1, 0.15) is 15.9 Å². The first-order chi connectivity index (χ1) is 11.0. The maximum absolute atomic E-state index is 12.4. The highest BCUT2D eigenvalue weighted by Gasteiger charge is 2.08. The Kier molecular flexibility index (Phi) is 3.68. The van der Waals surface area contributed by atoms with Crippen molar-refractivity contribution in [2.24, 2.45) is 5.73 Å². The van der Waals surface area contributed by atoms with Crippen molar-refractivity contribution in [3.63, 3.8) is 0 Å². The van der Waals surface area contributed by atoms with Crippen LogP contribution in [-0.2, 0) is 0 Å². The summed E-state index contributed by atoms with van der Waals surface area (Å²) in [5, 5.41) is 12.2. The van der Waals surface area contributed by atoms with Gasteiger partial charge in [0.2, 0.25) is 0 Å². The molecule has 23 heavy (non-hydrogen) atoms. The number of anilines is 2. The molecule has 0 radical (unpaired) electrons. The highest BCUT2D eigenvalue weighted by Crippen LogP contribution is 2.19. The average Bonchev–Trinajstić information content (AvgIpc) is 2.55. The zero-order valence-electron chi connectivity index (χ0n) is 12.3. The van der Waals surface area contributed by atoms with Crippen molar-refractivity contribution in [3.8, 4) is 0 Å². The second kappa shape index (κ2) is 5.81. The summed E-state index contributed by atoms with van der Waals surface area (Å²) in [6.07, 6.45) is 0. The molecule has 0 saturated heterocycles. The first-order valence-electron chi connectivity index (χ1n) is 7.08. The van der Waals surface area contributed by atoms with E-state index in [0.29, 0.717) is 22.5 Å². The van der Waals surface area contributed by atoms with Gasteiger partial charge in [0.05, 0.1) is 0 Å². The average molecular weight is 304 g/mol. The Morgan fingerprint density at radius 1 is 0.870 bits per heavy atom. The van der Waals surface area contributed by atoms with E-state index in [4.69, 9.17) is 16.9 Å². The molecule has 0 unspecified atom stereocenters. The summed E-state index contributed by atoms with van der Waals surface area (Å²) < 4.78 is 0. The summed E-state index contributed by atoms with van der Waals surface area (Å²) in [4.78, 5) is 12.4. The zero-order chi connectivity index (χ0) is 16.4. The maximum Gasteiger partial charge on any atom is 0.255 e. The number of benzene rings is 3. The Morgan fingerprint density at radius 2 is 1.48 bits per heavy atom. The van der Waals surface area contributed by atoms with E-state index in [2.05, 4.69) is 5.32 Å². The summed E-state index contributed by atoms with van der Waals surface area (Å²) in [6, 6.07) is 17.9. The van der Waals surface area contributed by atoms with Gasteiger partial charge < -0.3 is 16.8 Å². The molecule has 5 nitrogen and oxygen atoms in total. The molecule has 0 saturated carbocycles. The van der Waals surface area contributed by atoms with Gasteiger partial charge in [-0.1, -0.05) is 18.2 Å². The molecule has 3 aromatic rings. The molecule has 6 N–H and O–H groups in total. The maximum atomic E-state index is 12.4. The zero-order valence-corrected chi connectivity index (χ0v) is 12.3. The predicted molar refractivity (Wildman–Crippen MR) is 93.8 cm³/mol. The third kappa shape index (κ3) is 3.13. The van der Waals surface area contributed by atoms with E-state index in [9.17, 15) is 4.79 Å². The van der Waals surface area contributed by atoms with Gasteiger partial charge >= 0.3 is 0 Å². The summed E-state index contributed by atoms with van der Waals surface area (Å²) in [5.41, 5.74) is 13.6. The van der Waals surface area contributed by atoms with Crippen LogP contribution in [0.3, 0.4) is 0 Å². The van der Waals surface area contributed by atoms with Gasteiger partial charge in [0, 0.05) is 22.5 Å². The second-order valence-corrected chi connectivity index (χ2v) is 5.27. The van der Waals surface area contributed by atoms with Gasteiger partial charge in [0.15, 0.2) is 0 Å². The largest absolute Gasteiger partial charge is 0.399 e. The highest BCUT2D eigenvalue weighted by atomic mass is 16.1. The molecule has 0 atom stereocenters. The fourth-order valence-corrected chi connectivity index (χ4v) is 2.33. The van der Waals surface area contributed by atoms with Crippen LogP contribution < -0.4 is 16.8 Å². The number of nitrogens with one attached hydrogen (secondary N) is 2. The molecular weight excluding hydrogens is 288 g/mol. The van der Waals surface area contributed by atoms with Crippen molar-refractivity contribution < 1.29 is 4.79 Å². The number of hydrogen-bond donors (Lipinski definition) is 4. The van der Waals surface area contributed by atoms with Crippen LogP contribution in [0.25, 0.3) is 10.8 Å². The number of hydrogen-bond acceptors (Lipinski definition) is 3. The van der Waals surface area contributed by atoms with Crippen LogP contribution in [0.15, 0.2) is 60.7 Å². The van der Waals surface area contributed by atoms with Crippen molar-refractivity contribution >= 4 is 33.9 Å². The lowest BCUT2D eigenvalue weighted by molar-refractivity contribution is 0.102. The van der Waals surface area contributed by atoms with E-state index in [1.165, 1.54) is 0 Å². The molecule has 0 fully saturated rings. The first kappa shape index (κ1) is 14.6. The molecular formula is C18H16N4O. The molecule has 0 aliphatic rings. The van der Waals surface area contributed by atoms with Gasteiger partial charge in [-0.2, -0.15) is 0 Å². The quantitative estimate of drug-likeness (QED) is 0.339. The lowest BCUT2D eigenvalue weighted by atomic mass is 10.0. The smallest absolute Gasteiger partial charge is 0.255 e. The van der Waals surface area contributed by atoms with Crippen molar-refractivity contribution in [1.29, 1.82) is 5.41 Å². The predicted octanol–water partition coefficient (Wildman–Crippen LogP) is 2.96. The lowest BCUT2D eigenvalue weighted by Gasteiger charge is -2.07. The second-order valence-electron chi connectivity index (χ2n) is 5.27. The molecule has 3 aromatic carbocycles. The number of carbonyl (C=O) groups excluding carboxylic acids is 1. The van der Waals surface area contributed by atoms with E-state index in [1.54, 1.807) is 48.5 Å². The van der Waals surface area contributed by atoms with E-state index in [-0.39, 0.29) is 11.7 Å². The Hall–Kier alpha value is -3.34.